The van der Waals surface area contributed by atoms with Crippen molar-refractivity contribution in [2.45, 2.75) is 0 Å². The minimum absolute atomic E-state index is 0.424. The molecule has 0 saturated carbocycles. The monoisotopic (exact) mass is 157 g/mol. The van der Waals surface area contributed by atoms with Gasteiger partial charge in [-0.2, -0.15) is 0 Å². The van der Waals surface area contributed by atoms with Crippen LogP contribution in [0.2, 0.25) is 0 Å². The molecule has 0 fully saturated rings. The fraction of sp³-hybridized carbons (Fsp3) is 0.333. The number of likely N-dealkylation sites (N-methyl/N-ethyl adjacent to an activating group) is 1. The van der Waals surface area contributed by atoms with E-state index in [0.717, 1.165) is 5.03 Å². The highest BCUT2D eigenvalue weighted by Gasteiger charge is 2.26. The van der Waals surface area contributed by atoms with Gasteiger partial charge in [-0.3, -0.25) is 9.59 Å². The summed E-state index contributed by atoms with van der Waals surface area (Å²) in [5.41, 5.74) is 0. The van der Waals surface area contributed by atoms with Gasteiger partial charge in [0.1, 0.15) is 0 Å². The number of carbonyl (C=O) groups excluding carboxylic acids is 2. The molecule has 0 aromatic rings. The van der Waals surface area contributed by atoms with Gasteiger partial charge >= 0.3 is 0 Å². The first-order valence-electron chi connectivity index (χ1n) is 2.74. The normalized spacial score (nSPS) is 18.2. The van der Waals surface area contributed by atoms with Gasteiger partial charge in [0, 0.05) is 13.1 Å². The van der Waals surface area contributed by atoms with Crippen LogP contribution in [0.5, 0.6) is 0 Å². The number of rotatable bonds is 1. The molecule has 0 N–H and O–H groups in total. The van der Waals surface area contributed by atoms with Crippen molar-refractivity contribution in [1.82, 2.24) is 4.90 Å². The molecule has 1 aliphatic rings. The molecule has 4 heteroatoms. The third-order valence-corrected chi connectivity index (χ3v) is 2.12. The lowest BCUT2D eigenvalue weighted by Crippen LogP contribution is -2.23. The molecule has 1 amide bonds. The first-order chi connectivity index (χ1) is 4.66. The van der Waals surface area contributed by atoms with E-state index in [0.29, 0.717) is 0 Å². The van der Waals surface area contributed by atoms with Crippen molar-refractivity contribution in [2.75, 3.05) is 13.3 Å². The number of hydrogen-bond acceptors (Lipinski definition) is 3. The molecule has 0 aromatic carbocycles. The van der Waals surface area contributed by atoms with Gasteiger partial charge in [-0.1, -0.05) is 0 Å². The Bertz CT molecular complexity index is 222. The van der Waals surface area contributed by atoms with Gasteiger partial charge in [0.15, 0.2) is 0 Å². The van der Waals surface area contributed by atoms with Crippen LogP contribution in [0.15, 0.2) is 11.1 Å². The van der Waals surface area contributed by atoms with Crippen molar-refractivity contribution in [3.63, 3.8) is 0 Å². The molecule has 0 aromatic heterocycles. The molecule has 54 valence electrons. The number of carbonyl (C=O) groups is 2. The summed E-state index contributed by atoms with van der Waals surface area (Å²) >= 11 is 1.39. The van der Waals surface area contributed by atoms with E-state index in [9.17, 15) is 9.59 Å². The lowest BCUT2D eigenvalue weighted by Gasteiger charge is -2.09. The van der Waals surface area contributed by atoms with Crippen LogP contribution in [0.1, 0.15) is 0 Å². The van der Waals surface area contributed by atoms with Gasteiger partial charge in [-0.15, -0.1) is 11.8 Å². The molecule has 0 radical (unpaired) electrons. The van der Waals surface area contributed by atoms with Gasteiger partial charge < -0.3 is 4.90 Å². The van der Waals surface area contributed by atoms with Crippen LogP contribution in [0.4, 0.5) is 0 Å². The maximum atomic E-state index is 10.8. The molecule has 1 aliphatic heterocycles. The molecule has 0 atom stereocenters. The van der Waals surface area contributed by atoms with E-state index in [2.05, 4.69) is 0 Å². The average molecular weight is 157 g/mol. The summed E-state index contributed by atoms with van der Waals surface area (Å²) in [6, 6.07) is 0. The molecule has 10 heavy (non-hydrogen) atoms. The third-order valence-electron chi connectivity index (χ3n) is 1.31. The molecule has 0 spiro atoms. The van der Waals surface area contributed by atoms with E-state index in [1.165, 1.54) is 22.7 Å². The smallest absolute Gasteiger partial charge is 0.298 e. The lowest BCUT2D eigenvalue weighted by atomic mass is 10.4. The van der Waals surface area contributed by atoms with Crippen LogP contribution in [-0.2, 0) is 9.59 Å². The number of amides is 1. The summed E-state index contributed by atoms with van der Waals surface area (Å²) in [6.45, 7) is 0. The van der Waals surface area contributed by atoms with Crippen LogP contribution in [0.3, 0.4) is 0 Å². The van der Waals surface area contributed by atoms with Crippen molar-refractivity contribution in [3.8, 4) is 0 Å². The van der Waals surface area contributed by atoms with Crippen molar-refractivity contribution in [3.05, 3.63) is 11.1 Å². The molecule has 1 rings (SSSR count). The van der Waals surface area contributed by atoms with Crippen LogP contribution in [-0.4, -0.2) is 29.9 Å². The first kappa shape index (κ1) is 7.34. The van der Waals surface area contributed by atoms with Crippen LogP contribution >= 0.6 is 11.8 Å². The summed E-state index contributed by atoms with van der Waals surface area (Å²) < 4.78 is 0. The maximum Gasteiger partial charge on any atom is 0.298 e. The number of thioether (sulfide) groups is 1. The van der Waals surface area contributed by atoms with E-state index >= 15 is 0 Å². The largest absolute Gasteiger partial charge is 0.303 e. The van der Waals surface area contributed by atoms with Crippen molar-refractivity contribution < 1.29 is 9.59 Å². The Morgan fingerprint density at radius 2 is 2.10 bits per heavy atom. The average Bonchev–Trinajstić information content (AvgIpc) is 2.17. The number of hydrogen-bond donors (Lipinski definition) is 0. The molecule has 3 nitrogen and oxygen atoms in total. The standard InChI is InChI=1S/C6H7NO2S/c1-7-5(10-2)3-4(8)6(7)9/h3H,1-2H3. The van der Waals surface area contributed by atoms with Gasteiger partial charge in [-0.25, -0.2) is 0 Å². The predicted molar refractivity (Wildman–Crippen MR) is 39.4 cm³/mol. The summed E-state index contributed by atoms with van der Waals surface area (Å²) in [4.78, 5) is 22.8. The Hall–Kier alpha value is -0.770. The molecule has 1 heterocycles. The molecular formula is C6H7NO2S. The second-order valence-electron chi connectivity index (χ2n) is 1.92. The summed E-state index contributed by atoms with van der Waals surface area (Å²) in [7, 11) is 1.59. The van der Waals surface area contributed by atoms with E-state index in [1.807, 2.05) is 6.26 Å². The van der Waals surface area contributed by atoms with Crippen molar-refractivity contribution >= 4 is 23.5 Å². The SMILES string of the molecule is CSC1=CC(=O)C(=O)N1C. The zero-order chi connectivity index (χ0) is 7.72. The molecule has 0 saturated heterocycles. The molecule has 0 aliphatic carbocycles. The van der Waals surface area contributed by atoms with E-state index < -0.39 is 11.7 Å². The van der Waals surface area contributed by atoms with Crippen molar-refractivity contribution in [1.29, 1.82) is 0 Å². The zero-order valence-corrected chi connectivity index (χ0v) is 6.57. The Labute approximate surface area is 63.1 Å². The van der Waals surface area contributed by atoms with Crippen LogP contribution < -0.4 is 0 Å². The summed E-state index contributed by atoms with van der Waals surface area (Å²) in [6.07, 6.45) is 3.18. The summed E-state index contributed by atoms with van der Waals surface area (Å²) in [5, 5.41) is 0.718. The second kappa shape index (κ2) is 2.46. The highest BCUT2D eigenvalue weighted by atomic mass is 32.2. The quantitative estimate of drug-likeness (QED) is 0.511. The Kier molecular flexibility index (Phi) is 1.80. The minimum Gasteiger partial charge on any atom is -0.303 e. The highest BCUT2D eigenvalue weighted by molar-refractivity contribution is 8.02. The molecule has 0 unspecified atom stereocenters. The van der Waals surface area contributed by atoms with Crippen molar-refractivity contribution in [2.24, 2.45) is 0 Å². The van der Waals surface area contributed by atoms with Gasteiger partial charge in [-0.05, 0) is 6.26 Å². The van der Waals surface area contributed by atoms with Gasteiger partial charge in [0.25, 0.3) is 5.91 Å². The Morgan fingerprint density at radius 3 is 2.30 bits per heavy atom. The van der Waals surface area contributed by atoms with Gasteiger partial charge in [0.2, 0.25) is 5.78 Å². The Morgan fingerprint density at radius 1 is 1.50 bits per heavy atom. The van der Waals surface area contributed by atoms with Gasteiger partial charge in [0.05, 0.1) is 5.03 Å². The molecule has 0 bridgehead atoms. The minimum atomic E-state index is -0.440. The number of ketones is 1. The fourth-order valence-electron chi connectivity index (χ4n) is 0.732. The predicted octanol–water partition coefficient (Wildman–Crippen LogP) is 0.232. The third kappa shape index (κ3) is 0.945. The van der Waals surface area contributed by atoms with Crippen LogP contribution in [0.25, 0.3) is 0 Å². The maximum absolute atomic E-state index is 10.8. The number of nitrogens with zero attached hydrogens (tertiary/aromatic N) is 1. The second-order valence-corrected chi connectivity index (χ2v) is 2.74. The van der Waals surface area contributed by atoms with E-state index in [1.54, 1.807) is 7.05 Å². The van der Waals surface area contributed by atoms with Crippen LogP contribution in [0, 0.1) is 0 Å². The van der Waals surface area contributed by atoms with E-state index in [-0.39, 0.29) is 0 Å². The van der Waals surface area contributed by atoms with E-state index in [4.69, 9.17) is 0 Å². The molecular weight excluding hydrogens is 150 g/mol. The topological polar surface area (TPSA) is 37.4 Å². The highest BCUT2D eigenvalue weighted by Crippen LogP contribution is 2.20. The fourth-order valence-corrected chi connectivity index (χ4v) is 1.31. The first-order valence-corrected chi connectivity index (χ1v) is 3.97. The zero-order valence-electron chi connectivity index (χ0n) is 5.75. The Balaban J connectivity index is 2.88. The summed E-state index contributed by atoms with van der Waals surface area (Å²) in [5.74, 6) is -0.865. The lowest BCUT2D eigenvalue weighted by molar-refractivity contribution is -0.138.